The van der Waals surface area contributed by atoms with E-state index in [1.165, 1.54) is 5.56 Å². The number of aryl methyl sites for hydroxylation is 1. The highest BCUT2D eigenvalue weighted by atomic mass is 16.5. The molecule has 0 fully saturated rings. The zero-order valence-corrected chi connectivity index (χ0v) is 12.8. The Morgan fingerprint density at radius 3 is 2.52 bits per heavy atom. The van der Waals surface area contributed by atoms with Gasteiger partial charge in [0.05, 0.1) is 12.8 Å². The fourth-order valence-corrected chi connectivity index (χ4v) is 2.17. The van der Waals surface area contributed by atoms with E-state index in [1.807, 2.05) is 32.3 Å². The Morgan fingerprint density at radius 1 is 1.29 bits per heavy atom. The van der Waals surface area contributed by atoms with E-state index in [0.29, 0.717) is 0 Å². The number of hydrogen-bond donors (Lipinski definition) is 1. The molecule has 2 N–H and O–H groups in total. The molecule has 0 spiro atoms. The first-order valence-electron chi connectivity index (χ1n) is 7.09. The molecule has 5 nitrogen and oxygen atoms in total. The molecule has 0 saturated carbocycles. The van der Waals surface area contributed by atoms with Gasteiger partial charge in [-0.1, -0.05) is 12.1 Å². The summed E-state index contributed by atoms with van der Waals surface area (Å²) in [5, 5.41) is 4.18. The molecular weight excluding hydrogens is 266 g/mol. The van der Waals surface area contributed by atoms with Crippen molar-refractivity contribution in [3.63, 3.8) is 0 Å². The third-order valence-electron chi connectivity index (χ3n) is 3.31. The lowest BCUT2D eigenvalue weighted by molar-refractivity contribution is 0.180. The standard InChI is InChI=1S/C16H23N3O2/c1-12(17)16(14-10-18-19(2)11-14)21-15-6-4-13(5-7-15)8-9-20-3/h4-7,10-12,16H,8-9,17H2,1-3H3. The van der Waals surface area contributed by atoms with Gasteiger partial charge in [0.15, 0.2) is 0 Å². The molecular formula is C16H23N3O2. The Hall–Kier alpha value is -1.85. The predicted octanol–water partition coefficient (Wildman–Crippen LogP) is 2.08. The van der Waals surface area contributed by atoms with Crippen LogP contribution in [0.25, 0.3) is 0 Å². The first-order valence-corrected chi connectivity index (χ1v) is 7.09. The topological polar surface area (TPSA) is 62.3 Å². The second kappa shape index (κ2) is 7.24. The van der Waals surface area contributed by atoms with Crippen molar-refractivity contribution in [3.05, 3.63) is 47.8 Å². The molecule has 0 aliphatic carbocycles. The number of benzene rings is 1. The molecule has 2 aromatic rings. The van der Waals surface area contributed by atoms with E-state index in [4.69, 9.17) is 15.2 Å². The van der Waals surface area contributed by atoms with Gasteiger partial charge in [0.25, 0.3) is 0 Å². The average Bonchev–Trinajstić information content (AvgIpc) is 2.89. The van der Waals surface area contributed by atoms with Gasteiger partial charge in [-0.2, -0.15) is 5.10 Å². The summed E-state index contributed by atoms with van der Waals surface area (Å²) in [4.78, 5) is 0. The summed E-state index contributed by atoms with van der Waals surface area (Å²) in [5.41, 5.74) is 8.25. The molecule has 2 atom stereocenters. The van der Waals surface area contributed by atoms with Crippen LogP contribution in [0.1, 0.15) is 24.2 Å². The minimum absolute atomic E-state index is 0.123. The minimum Gasteiger partial charge on any atom is -0.484 e. The number of nitrogens with zero attached hydrogens (tertiary/aromatic N) is 2. The third kappa shape index (κ3) is 4.31. The molecule has 2 rings (SSSR count). The highest BCUT2D eigenvalue weighted by Gasteiger charge is 2.19. The van der Waals surface area contributed by atoms with Crippen LogP contribution >= 0.6 is 0 Å². The quantitative estimate of drug-likeness (QED) is 0.847. The van der Waals surface area contributed by atoms with Crippen molar-refractivity contribution in [2.45, 2.75) is 25.5 Å². The van der Waals surface area contributed by atoms with Crippen molar-refractivity contribution in [2.75, 3.05) is 13.7 Å². The molecule has 0 radical (unpaired) electrons. The minimum atomic E-state index is -0.205. The zero-order chi connectivity index (χ0) is 15.2. The van der Waals surface area contributed by atoms with Gasteiger partial charge in [0, 0.05) is 32.0 Å². The van der Waals surface area contributed by atoms with Crippen molar-refractivity contribution in [1.29, 1.82) is 0 Å². The summed E-state index contributed by atoms with van der Waals surface area (Å²) in [6, 6.07) is 7.92. The van der Waals surface area contributed by atoms with Crippen molar-refractivity contribution in [3.8, 4) is 5.75 Å². The Bertz CT molecular complexity index is 549. The van der Waals surface area contributed by atoms with Crippen molar-refractivity contribution < 1.29 is 9.47 Å². The van der Waals surface area contributed by atoms with Crippen LogP contribution in [0.2, 0.25) is 0 Å². The molecule has 114 valence electrons. The molecule has 0 aliphatic rings. The predicted molar refractivity (Wildman–Crippen MR) is 82.2 cm³/mol. The molecule has 1 aromatic heterocycles. The maximum atomic E-state index is 6.04. The fraction of sp³-hybridized carbons (Fsp3) is 0.438. The van der Waals surface area contributed by atoms with Crippen LogP contribution in [0.4, 0.5) is 0 Å². The van der Waals surface area contributed by atoms with E-state index in [1.54, 1.807) is 18.0 Å². The lowest BCUT2D eigenvalue weighted by Gasteiger charge is -2.21. The summed E-state index contributed by atoms with van der Waals surface area (Å²) < 4.78 is 12.9. The van der Waals surface area contributed by atoms with E-state index in [9.17, 15) is 0 Å². The molecule has 2 unspecified atom stereocenters. The number of rotatable bonds is 7. The van der Waals surface area contributed by atoms with Crippen molar-refractivity contribution >= 4 is 0 Å². The van der Waals surface area contributed by atoms with Gasteiger partial charge in [0.2, 0.25) is 0 Å². The maximum absolute atomic E-state index is 6.04. The lowest BCUT2D eigenvalue weighted by atomic mass is 10.1. The van der Waals surface area contributed by atoms with Crippen LogP contribution in [0.5, 0.6) is 5.75 Å². The number of ether oxygens (including phenoxy) is 2. The molecule has 5 heteroatoms. The van der Waals surface area contributed by atoms with E-state index < -0.39 is 0 Å². The first kappa shape index (κ1) is 15.5. The van der Waals surface area contributed by atoms with Gasteiger partial charge >= 0.3 is 0 Å². The van der Waals surface area contributed by atoms with E-state index in [0.717, 1.165) is 24.3 Å². The van der Waals surface area contributed by atoms with Gasteiger partial charge in [-0.05, 0) is 31.0 Å². The van der Waals surface area contributed by atoms with Crippen LogP contribution in [0.3, 0.4) is 0 Å². The van der Waals surface area contributed by atoms with E-state index in [-0.39, 0.29) is 12.1 Å². The second-order valence-corrected chi connectivity index (χ2v) is 5.23. The monoisotopic (exact) mass is 289 g/mol. The van der Waals surface area contributed by atoms with Gasteiger partial charge in [-0.3, -0.25) is 4.68 Å². The SMILES string of the molecule is COCCc1ccc(OC(c2cnn(C)c2)C(C)N)cc1. The number of nitrogens with two attached hydrogens (primary N) is 1. The van der Waals surface area contributed by atoms with Crippen LogP contribution in [-0.4, -0.2) is 29.5 Å². The van der Waals surface area contributed by atoms with Crippen LogP contribution in [-0.2, 0) is 18.2 Å². The largest absolute Gasteiger partial charge is 0.484 e. The van der Waals surface area contributed by atoms with Crippen LogP contribution < -0.4 is 10.5 Å². The van der Waals surface area contributed by atoms with Gasteiger partial charge < -0.3 is 15.2 Å². The van der Waals surface area contributed by atoms with Crippen molar-refractivity contribution in [1.82, 2.24) is 9.78 Å². The fourth-order valence-electron chi connectivity index (χ4n) is 2.17. The second-order valence-electron chi connectivity index (χ2n) is 5.23. The van der Waals surface area contributed by atoms with Gasteiger partial charge in [0.1, 0.15) is 11.9 Å². The summed E-state index contributed by atoms with van der Waals surface area (Å²) in [5.74, 6) is 0.808. The molecule has 0 bridgehead atoms. The Balaban J connectivity index is 2.07. The first-order chi connectivity index (χ1) is 10.1. The van der Waals surface area contributed by atoms with Crippen LogP contribution in [0, 0.1) is 0 Å². The van der Waals surface area contributed by atoms with Crippen molar-refractivity contribution in [2.24, 2.45) is 12.8 Å². The normalized spacial score (nSPS) is 13.9. The molecule has 1 aromatic carbocycles. The summed E-state index contributed by atoms with van der Waals surface area (Å²) in [7, 11) is 3.59. The lowest BCUT2D eigenvalue weighted by Crippen LogP contribution is -2.28. The highest BCUT2D eigenvalue weighted by molar-refractivity contribution is 5.28. The zero-order valence-electron chi connectivity index (χ0n) is 12.8. The Morgan fingerprint density at radius 2 is 2.00 bits per heavy atom. The molecule has 0 aliphatic heterocycles. The molecule has 21 heavy (non-hydrogen) atoms. The molecule has 1 heterocycles. The molecule has 0 amide bonds. The summed E-state index contributed by atoms with van der Waals surface area (Å²) >= 11 is 0. The highest BCUT2D eigenvalue weighted by Crippen LogP contribution is 2.24. The third-order valence-corrected chi connectivity index (χ3v) is 3.31. The Kier molecular flexibility index (Phi) is 5.36. The summed E-state index contributed by atoms with van der Waals surface area (Å²) in [6.45, 7) is 2.66. The van der Waals surface area contributed by atoms with Gasteiger partial charge in [-0.15, -0.1) is 0 Å². The average molecular weight is 289 g/mol. The van der Waals surface area contributed by atoms with E-state index in [2.05, 4.69) is 17.2 Å². The summed E-state index contributed by atoms with van der Waals surface area (Å²) in [6.07, 6.45) is 4.42. The number of methoxy groups -OCH3 is 1. The smallest absolute Gasteiger partial charge is 0.141 e. The number of aromatic nitrogens is 2. The molecule has 0 saturated heterocycles. The van der Waals surface area contributed by atoms with Crippen LogP contribution in [0.15, 0.2) is 36.7 Å². The van der Waals surface area contributed by atoms with E-state index >= 15 is 0 Å². The maximum Gasteiger partial charge on any atom is 0.141 e. The Labute approximate surface area is 125 Å². The van der Waals surface area contributed by atoms with Gasteiger partial charge in [-0.25, -0.2) is 0 Å². The number of hydrogen-bond acceptors (Lipinski definition) is 4.